The third-order valence-corrected chi connectivity index (χ3v) is 4.12. The molecule has 20 heavy (non-hydrogen) atoms. The lowest BCUT2D eigenvalue weighted by Crippen LogP contribution is -2.28. The minimum absolute atomic E-state index is 0.0421. The van der Waals surface area contributed by atoms with Gasteiger partial charge in [-0.1, -0.05) is 25.7 Å². The summed E-state index contributed by atoms with van der Waals surface area (Å²) in [5, 5.41) is 0. The Labute approximate surface area is 121 Å². The third kappa shape index (κ3) is 4.37. The van der Waals surface area contributed by atoms with Gasteiger partial charge in [0.25, 0.3) is 5.91 Å². The van der Waals surface area contributed by atoms with Crippen LogP contribution in [0.3, 0.4) is 0 Å². The van der Waals surface area contributed by atoms with Crippen molar-refractivity contribution in [3.63, 3.8) is 0 Å². The van der Waals surface area contributed by atoms with E-state index in [2.05, 4.69) is 0 Å². The van der Waals surface area contributed by atoms with Crippen molar-refractivity contribution in [1.82, 2.24) is 4.90 Å². The lowest BCUT2D eigenvalue weighted by molar-refractivity contribution is 0.0755. The van der Waals surface area contributed by atoms with Gasteiger partial charge in [0.2, 0.25) is 0 Å². The van der Waals surface area contributed by atoms with Crippen molar-refractivity contribution in [2.45, 2.75) is 44.9 Å². The van der Waals surface area contributed by atoms with E-state index in [-0.39, 0.29) is 5.91 Å². The molecular formula is C16H26N2O2. The molecule has 2 rings (SSSR count). The van der Waals surface area contributed by atoms with Crippen LogP contribution in [0.1, 0.15) is 55.5 Å². The first-order valence-corrected chi connectivity index (χ1v) is 7.84. The average Bonchev–Trinajstić information content (AvgIpc) is 3.13. The Morgan fingerprint density at radius 3 is 2.85 bits per heavy atom. The van der Waals surface area contributed by atoms with E-state index < -0.39 is 0 Å². The van der Waals surface area contributed by atoms with E-state index in [1.807, 2.05) is 4.90 Å². The molecule has 1 saturated heterocycles. The number of nitrogens with two attached hydrogens (primary N) is 1. The number of hydrogen-bond acceptors (Lipinski definition) is 3. The zero-order valence-corrected chi connectivity index (χ0v) is 12.2. The number of nitrogens with zero attached hydrogens (tertiary/aromatic N) is 1. The highest BCUT2D eigenvalue weighted by Crippen LogP contribution is 2.24. The molecule has 1 amide bonds. The van der Waals surface area contributed by atoms with Crippen LogP contribution in [0.25, 0.3) is 0 Å². The van der Waals surface area contributed by atoms with Crippen molar-refractivity contribution in [2.75, 3.05) is 19.6 Å². The Balaban J connectivity index is 1.62. The number of unbranched alkanes of at least 4 members (excludes halogenated alkanes) is 4. The zero-order valence-electron chi connectivity index (χ0n) is 12.2. The number of furan rings is 1. The summed E-state index contributed by atoms with van der Waals surface area (Å²) in [5.41, 5.74) is 5.48. The van der Waals surface area contributed by atoms with Gasteiger partial charge in [0.15, 0.2) is 5.76 Å². The van der Waals surface area contributed by atoms with Gasteiger partial charge in [-0.25, -0.2) is 0 Å². The van der Waals surface area contributed by atoms with E-state index in [4.69, 9.17) is 10.2 Å². The second-order valence-corrected chi connectivity index (χ2v) is 5.73. The monoisotopic (exact) mass is 278 g/mol. The molecular weight excluding hydrogens is 252 g/mol. The van der Waals surface area contributed by atoms with Gasteiger partial charge in [0, 0.05) is 13.1 Å². The molecule has 0 saturated carbocycles. The predicted molar refractivity (Wildman–Crippen MR) is 79.5 cm³/mol. The predicted octanol–water partition coefficient (Wildman–Crippen LogP) is 3.04. The van der Waals surface area contributed by atoms with Gasteiger partial charge in [-0.05, 0) is 43.9 Å². The Morgan fingerprint density at radius 2 is 2.10 bits per heavy atom. The minimum atomic E-state index is 0.0421. The molecule has 4 nitrogen and oxygen atoms in total. The molecule has 0 aliphatic carbocycles. The van der Waals surface area contributed by atoms with Crippen LogP contribution in [0, 0.1) is 5.92 Å². The van der Waals surface area contributed by atoms with Crippen molar-refractivity contribution < 1.29 is 9.21 Å². The maximum Gasteiger partial charge on any atom is 0.289 e. The fourth-order valence-electron chi connectivity index (χ4n) is 2.92. The number of rotatable bonds is 8. The minimum Gasteiger partial charge on any atom is -0.459 e. The molecule has 0 radical (unpaired) electrons. The first-order valence-electron chi connectivity index (χ1n) is 7.84. The van der Waals surface area contributed by atoms with E-state index in [0.29, 0.717) is 11.7 Å². The second-order valence-electron chi connectivity index (χ2n) is 5.73. The van der Waals surface area contributed by atoms with Gasteiger partial charge in [-0.15, -0.1) is 0 Å². The van der Waals surface area contributed by atoms with Crippen molar-refractivity contribution >= 4 is 5.91 Å². The molecule has 112 valence electrons. The molecule has 1 aliphatic heterocycles. The molecule has 1 unspecified atom stereocenters. The molecule has 2 heterocycles. The van der Waals surface area contributed by atoms with Crippen LogP contribution >= 0.6 is 0 Å². The first kappa shape index (κ1) is 15.1. The molecule has 1 atom stereocenters. The smallest absolute Gasteiger partial charge is 0.289 e. The maximum absolute atomic E-state index is 12.1. The fourth-order valence-corrected chi connectivity index (χ4v) is 2.92. The first-order chi connectivity index (χ1) is 9.81. The normalized spacial score (nSPS) is 18.6. The van der Waals surface area contributed by atoms with E-state index in [1.54, 1.807) is 18.4 Å². The van der Waals surface area contributed by atoms with Gasteiger partial charge < -0.3 is 15.1 Å². The Bertz CT molecular complexity index is 389. The van der Waals surface area contributed by atoms with Gasteiger partial charge in [0.1, 0.15) is 0 Å². The van der Waals surface area contributed by atoms with Crippen LogP contribution in [0.2, 0.25) is 0 Å². The molecule has 0 aromatic carbocycles. The molecule has 1 fully saturated rings. The highest BCUT2D eigenvalue weighted by Gasteiger charge is 2.27. The van der Waals surface area contributed by atoms with Crippen LogP contribution in [-0.4, -0.2) is 30.4 Å². The number of carbonyl (C=O) groups is 1. The lowest BCUT2D eigenvalue weighted by atomic mass is 10.00. The maximum atomic E-state index is 12.1. The summed E-state index contributed by atoms with van der Waals surface area (Å²) in [7, 11) is 0. The number of hydrogen-bond donors (Lipinski definition) is 1. The molecule has 4 heteroatoms. The molecule has 0 spiro atoms. The van der Waals surface area contributed by atoms with E-state index in [9.17, 15) is 4.79 Å². The quantitative estimate of drug-likeness (QED) is 0.743. The van der Waals surface area contributed by atoms with Crippen LogP contribution in [0.5, 0.6) is 0 Å². The van der Waals surface area contributed by atoms with Crippen molar-refractivity contribution in [1.29, 1.82) is 0 Å². The van der Waals surface area contributed by atoms with Crippen LogP contribution in [0.15, 0.2) is 22.8 Å². The van der Waals surface area contributed by atoms with Gasteiger partial charge in [-0.2, -0.15) is 0 Å². The Hall–Kier alpha value is -1.29. The summed E-state index contributed by atoms with van der Waals surface area (Å²) in [6, 6.07) is 3.51. The second kappa shape index (κ2) is 8.10. The number of carbonyl (C=O) groups excluding carboxylic acids is 1. The van der Waals surface area contributed by atoms with Crippen LogP contribution in [-0.2, 0) is 0 Å². The lowest BCUT2D eigenvalue weighted by Gasteiger charge is -2.15. The molecule has 2 N–H and O–H groups in total. The SMILES string of the molecule is NCCCCCCCC1CCN(C(=O)c2ccco2)C1. The highest BCUT2D eigenvalue weighted by atomic mass is 16.3. The topological polar surface area (TPSA) is 59.5 Å². The van der Waals surface area contributed by atoms with Gasteiger partial charge in [0.05, 0.1) is 6.26 Å². The largest absolute Gasteiger partial charge is 0.459 e. The van der Waals surface area contributed by atoms with E-state index >= 15 is 0 Å². The molecule has 1 aromatic rings. The summed E-state index contributed by atoms with van der Waals surface area (Å²) in [6.07, 6.45) is 10.2. The standard InChI is InChI=1S/C16H26N2O2/c17-10-5-3-1-2-4-7-14-9-11-18(13-14)16(19)15-8-6-12-20-15/h6,8,12,14H,1-5,7,9-11,13,17H2. The molecule has 0 bridgehead atoms. The zero-order chi connectivity index (χ0) is 14.2. The average molecular weight is 278 g/mol. The van der Waals surface area contributed by atoms with Crippen molar-refractivity contribution in [3.05, 3.63) is 24.2 Å². The summed E-state index contributed by atoms with van der Waals surface area (Å²) < 4.78 is 5.18. The van der Waals surface area contributed by atoms with Crippen molar-refractivity contribution in [3.8, 4) is 0 Å². The Morgan fingerprint density at radius 1 is 1.30 bits per heavy atom. The van der Waals surface area contributed by atoms with E-state index in [0.717, 1.165) is 32.5 Å². The van der Waals surface area contributed by atoms with E-state index in [1.165, 1.54) is 32.1 Å². The summed E-state index contributed by atoms with van der Waals surface area (Å²) in [4.78, 5) is 14.1. The highest BCUT2D eigenvalue weighted by molar-refractivity contribution is 5.91. The summed E-state index contributed by atoms with van der Waals surface area (Å²) in [6.45, 7) is 2.58. The number of amides is 1. The Kier molecular flexibility index (Phi) is 6.12. The van der Waals surface area contributed by atoms with Gasteiger partial charge >= 0.3 is 0 Å². The van der Waals surface area contributed by atoms with Crippen LogP contribution in [0.4, 0.5) is 0 Å². The van der Waals surface area contributed by atoms with Gasteiger partial charge in [-0.3, -0.25) is 4.79 Å². The number of likely N-dealkylation sites (tertiary alicyclic amines) is 1. The fraction of sp³-hybridized carbons (Fsp3) is 0.688. The molecule has 1 aromatic heterocycles. The third-order valence-electron chi connectivity index (χ3n) is 4.12. The van der Waals surface area contributed by atoms with Crippen LogP contribution < -0.4 is 5.73 Å². The molecule has 1 aliphatic rings. The summed E-state index contributed by atoms with van der Waals surface area (Å²) >= 11 is 0. The summed E-state index contributed by atoms with van der Waals surface area (Å²) in [5.74, 6) is 1.18. The van der Waals surface area contributed by atoms with Crippen molar-refractivity contribution in [2.24, 2.45) is 11.7 Å².